The van der Waals surface area contributed by atoms with Crippen molar-refractivity contribution >= 4 is 87.3 Å². The highest BCUT2D eigenvalue weighted by Crippen LogP contribution is 2.36. The number of nitrogens with one attached hydrogen (secondary N) is 1. The third-order valence-corrected chi connectivity index (χ3v) is 5.28. The van der Waals surface area contributed by atoms with Crippen LogP contribution in [0, 0.1) is 0 Å². The molecule has 3 amide bonds. The van der Waals surface area contributed by atoms with Crippen LogP contribution in [-0.4, -0.2) is 49.4 Å². The second-order valence-corrected chi connectivity index (χ2v) is 11.5. The Morgan fingerprint density at radius 3 is 2.24 bits per heavy atom. The van der Waals surface area contributed by atoms with Gasteiger partial charge in [0.05, 0.1) is 13.2 Å². The number of imide groups is 1. The van der Waals surface area contributed by atoms with Gasteiger partial charge in [0, 0.05) is 12.5 Å². The van der Waals surface area contributed by atoms with E-state index in [-0.39, 0.29) is 43.8 Å². The molecule has 1 N–H and O–H groups in total. The number of alkyl halides is 6. The molecule has 0 radical (unpaired) electrons. The van der Waals surface area contributed by atoms with Crippen molar-refractivity contribution in [2.45, 2.75) is 65.1 Å². The molecule has 1 rings (SSSR count). The van der Waals surface area contributed by atoms with E-state index >= 15 is 0 Å². The number of rotatable bonds is 9. The molecule has 1 aliphatic rings. The summed E-state index contributed by atoms with van der Waals surface area (Å²) < 4.78 is 2.04. The monoisotopic (exact) mass is 528 g/mol. The first-order valence-corrected chi connectivity index (χ1v) is 11.1. The number of ether oxygens (including phenoxy) is 1. The number of hydrogen-bond acceptors (Lipinski definition) is 4. The maximum absolute atomic E-state index is 13.2. The SMILES string of the molecule is CCCC(=O)NC(CCC(Cl)(Cl)Cl)C(=O)N1C(=O)C=C(OC)C1CCC(Cl)(Cl)Cl. The molecule has 1 heterocycles. The molecule has 6 nitrogen and oxygen atoms in total. The highest BCUT2D eigenvalue weighted by atomic mass is 35.6. The van der Waals surface area contributed by atoms with E-state index in [4.69, 9.17) is 74.3 Å². The lowest BCUT2D eigenvalue weighted by Gasteiger charge is -2.30. The molecule has 0 saturated carbocycles. The summed E-state index contributed by atoms with van der Waals surface area (Å²) in [5, 5.41) is 2.61. The first-order chi connectivity index (χ1) is 13.3. The largest absolute Gasteiger partial charge is 0.499 e. The van der Waals surface area contributed by atoms with E-state index in [1.165, 1.54) is 13.2 Å². The molecular formula is C17H22Cl6N2O4. The van der Waals surface area contributed by atoms with Crippen molar-refractivity contribution in [1.29, 1.82) is 0 Å². The zero-order valence-corrected chi connectivity index (χ0v) is 20.4. The lowest BCUT2D eigenvalue weighted by atomic mass is 10.1. The number of carbonyl (C=O) groups excluding carboxylic acids is 3. The van der Waals surface area contributed by atoms with Gasteiger partial charge in [0.2, 0.25) is 5.91 Å². The molecule has 0 aromatic heterocycles. The van der Waals surface area contributed by atoms with Crippen LogP contribution in [0.25, 0.3) is 0 Å². The molecular weight excluding hydrogens is 509 g/mol. The first-order valence-electron chi connectivity index (χ1n) is 8.84. The summed E-state index contributed by atoms with van der Waals surface area (Å²) in [5.41, 5.74) is 0. The van der Waals surface area contributed by atoms with Crippen LogP contribution < -0.4 is 5.32 Å². The lowest BCUT2D eigenvalue weighted by molar-refractivity contribution is -0.146. The van der Waals surface area contributed by atoms with E-state index in [2.05, 4.69) is 5.32 Å². The van der Waals surface area contributed by atoms with Gasteiger partial charge in [-0.15, -0.1) is 0 Å². The van der Waals surface area contributed by atoms with Crippen molar-refractivity contribution in [2.75, 3.05) is 7.11 Å². The zero-order valence-electron chi connectivity index (χ0n) is 15.8. The van der Waals surface area contributed by atoms with Crippen molar-refractivity contribution in [3.05, 3.63) is 11.8 Å². The van der Waals surface area contributed by atoms with Crippen LogP contribution in [0.5, 0.6) is 0 Å². The average molecular weight is 531 g/mol. The smallest absolute Gasteiger partial charge is 0.257 e. The second-order valence-electron chi connectivity index (χ2n) is 6.49. The van der Waals surface area contributed by atoms with Gasteiger partial charge in [-0.2, -0.15) is 0 Å². The molecule has 0 aliphatic carbocycles. The fraction of sp³-hybridized carbons (Fsp3) is 0.706. The summed E-state index contributed by atoms with van der Waals surface area (Å²) in [5.74, 6) is -1.33. The highest BCUT2D eigenvalue weighted by molar-refractivity contribution is 6.67. The molecule has 0 saturated heterocycles. The molecule has 0 aromatic carbocycles. The summed E-state index contributed by atoms with van der Waals surface area (Å²) in [6.07, 6.45) is 2.24. The molecule has 0 spiro atoms. The molecule has 166 valence electrons. The number of carbonyl (C=O) groups is 3. The Balaban J connectivity index is 3.07. The third kappa shape index (κ3) is 9.28. The van der Waals surface area contributed by atoms with Gasteiger partial charge < -0.3 is 10.1 Å². The van der Waals surface area contributed by atoms with Crippen LogP contribution in [0.3, 0.4) is 0 Å². The lowest BCUT2D eigenvalue weighted by Crippen LogP contribution is -2.52. The Bertz CT molecular complexity index is 645. The molecule has 1 aliphatic heterocycles. The quantitative estimate of drug-likeness (QED) is 0.433. The van der Waals surface area contributed by atoms with E-state index in [9.17, 15) is 14.4 Å². The van der Waals surface area contributed by atoms with Crippen molar-refractivity contribution in [3.63, 3.8) is 0 Å². The summed E-state index contributed by atoms with van der Waals surface area (Å²) in [7, 11) is 1.37. The summed E-state index contributed by atoms with van der Waals surface area (Å²) in [6, 6.07) is -1.83. The third-order valence-electron chi connectivity index (χ3n) is 4.14. The van der Waals surface area contributed by atoms with E-state index in [0.717, 1.165) is 4.90 Å². The Kier molecular flexibility index (Phi) is 10.7. The average Bonchev–Trinajstić information content (AvgIpc) is 2.90. The van der Waals surface area contributed by atoms with Gasteiger partial charge in [0.25, 0.3) is 11.8 Å². The minimum Gasteiger partial charge on any atom is -0.499 e. The van der Waals surface area contributed by atoms with Crippen LogP contribution in [0.2, 0.25) is 0 Å². The van der Waals surface area contributed by atoms with Crippen LogP contribution in [0.1, 0.15) is 45.4 Å². The first kappa shape index (κ1) is 26.9. The van der Waals surface area contributed by atoms with Gasteiger partial charge in [-0.25, -0.2) is 0 Å². The van der Waals surface area contributed by atoms with Crippen LogP contribution >= 0.6 is 69.6 Å². The number of methoxy groups -OCH3 is 1. The van der Waals surface area contributed by atoms with E-state index in [1.54, 1.807) is 0 Å². The van der Waals surface area contributed by atoms with Gasteiger partial charge in [-0.1, -0.05) is 76.5 Å². The Labute approximate surface area is 200 Å². The maximum Gasteiger partial charge on any atom is 0.257 e. The number of halogens is 6. The van der Waals surface area contributed by atoms with Crippen LogP contribution in [0.15, 0.2) is 11.8 Å². The number of amides is 3. The maximum atomic E-state index is 13.2. The van der Waals surface area contributed by atoms with Gasteiger partial charge in [-0.3, -0.25) is 19.3 Å². The molecule has 2 atom stereocenters. The van der Waals surface area contributed by atoms with Crippen LogP contribution in [-0.2, 0) is 19.1 Å². The fourth-order valence-corrected chi connectivity index (χ4v) is 3.48. The topological polar surface area (TPSA) is 75.7 Å². The minimum absolute atomic E-state index is 0.00805. The highest BCUT2D eigenvalue weighted by Gasteiger charge is 2.42. The molecule has 29 heavy (non-hydrogen) atoms. The van der Waals surface area contributed by atoms with Gasteiger partial charge in [-0.05, 0) is 32.1 Å². The molecule has 2 unspecified atom stereocenters. The molecule has 12 heteroatoms. The number of nitrogens with zero attached hydrogens (tertiary/aromatic N) is 1. The van der Waals surface area contributed by atoms with Crippen molar-refractivity contribution in [2.24, 2.45) is 0 Å². The van der Waals surface area contributed by atoms with E-state index in [0.29, 0.717) is 6.42 Å². The Hall–Kier alpha value is -0.110. The predicted octanol–water partition coefficient (Wildman–Crippen LogP) is 4.84. The van der Waals surface area contributed by atoms with Crippen molar-refractivity contribution in [1.82, 2.24) is 10.2 Å². The molecule has 0 aromatic rings. The zero-order chi connectivity index (χ0) is 22.4. The normalized spacial score (nSPS) is 18.5. The Morgan fingerprint density at radius 2 is 1.76 bits per heavy atom. The second kappa shape index (κ2) is 11.5. The summed E-state index contributed by atoms with van der Waals surface area (Å²) in [4.78, 5) is 38.8. The van der Waals surface area contributed by atoms with Crippen LogP contribution in [0.4, 0.5) is 0 Å². The van der Waals surface area contributed by atoms with Gasteiger partial charge >= 0.3 is 0 Å². The molecule has 0 fully saturated rings. The standard InChI is InChI=1S/C17H22Cl6N2O4/c1-3-4-13(26)24-10(5-7-16(18,19)20)15(28)25-11(6-8-17(21,22)23)12(29-2)9-14(25)27/h9-11H,3-8H2,1-2H3,(H,24,26). The number of hydrogen-bond donors (Lipinski definition) is 1. The van der Waals surface area contributed by atoms with E-state index < -0.39 is 31.5 Å². The molecule has 0 bridgehead atoms. The predicted molar refractivity (Wildman–Crippen MR) is 117 cm³/mol. The van der Waals surface area contributed by atoms with E-state index in [1.807, 2.05) is 6.92 Å². The summed E-state index contributed by atoms with van der Waals surface area (Å²) in [6.45, 7) is 1.82. The minimum atomic E-state index is -1.62. The van der Waals surface area contributed by atoms with Crippen molar-refractivity contribution in [3.8, 4) is 0 Å². The fourth-order valence-electron chi connectivity index (χ4n) is 2.82. The summed E-state index contributed by atoms with van der Waals surface area (Å²) >= 11 is 34.8. The van der Waals surface area contributed by atoms with Gasteiger partial charge in [0.15, 0.2) is 7.59 Å². The Morgan fingerprint density at radius 1 is 1.17 bits per heavy atom. The van der Waals surface area contributed by atoms with Gasteiger partial charge in [0.1, 0.15) is 11.8 Å². The van der Waals surface area contributed by atoms with Crippen molar-refractivity contribution < 1.29 is 19.1 Å².